The SMILES string of the molecule is CC1C[C@@H]1C1CC(CNc2ccc(CNc3ccc4c(N)nccc4c3)cn2)CCN1C. The molecule has 2 fully saturated rings. The zero-order valence-electron chi connectivity index (χ0n) is 19.1. The number of likely N-dealkylation sites (tertiary alicyclic amines) is 1. The minimum Gasteiger partial charge on any atom is -0.383 e. The Balaban J connectivity index is 1.12. The molecule has 168 valence electrons. The first kappa shape index (κ1) is 21.0. The van der Waals surface area contributed by atoms with Crippen LogP contribution in [0.2, 0.25) is 0 Å². The van der Waals surface area contributed by atoms with Crippen molar-refractivity contribution in [2.24, 2.45) is 17.8 Å². The molecule has 3 unspecified atom stereocenters. The number of aromatic nitrogens is 2. The molecule has 0 spiro atoms. The third-order valence-electron chi connectivity index (χ3n) is 7.39. The van der Waals surface area contributed by atoms with Crippen LogP contribution in [0.1, 0.15) is 31.7 Å². The van der Waals surface area contributed by atoms with Gasteiger partial charge in [0.15, 0.2) is 0 Å². The summed E-state index contributed by atoms with van der Waals surface area (Å²) in [5, 5.41) is 9.13. The Kier molecular flexibility index (Phi) is 5.87. The molecule has 1 saturated heterocycles. The molecular formula is C26H34N6. The molecule has 5 rings (SSSR count). The van der Waals surface area contributed by atoms with Gasteiger partial charge in [-0.1, -0.05) is 13.0 Å². The molecule has 3 heterocycles. The second kappa shape index (κ2) is 8.94. The number of nitrogens with two attached hydrogens (primary N) is 1. The van der Waals surface area contributed by atoms with E-state index in [0.717, 1.165) is 64.7 Å². The van der Waals surface area contributed by atoms with Crippen LogP contribution in [0.25, 0.3) is 10.8 Å². The molecule has 6 nitrogen and oxygen atoms in total. The molecule has 32 heavy (non-hydrogen) atoms. The van der Waals surface area contributed by atoms with Crippen LogP contribution in [-0.4, -0.2) is 41.0 Å². The van der Waals surface area contributed by atoms with Crippen LogP contribution in [0, 0.1) is 17.8 Å². The second-order valence-corrected chi connectivity index (χ2v) is 9.73. The summed E-state index contributed by atoms with van der Waals surface area (Å²) in [7, 11) is 2.30. The third kappa shape index (κ3) is 4.65. The Bertz CT molecular complexity index is 1060. The zero-order valence-corrected chi connectivity index (χ0v) is 19.1. The summed E-state index contributed by atoms with van der Waals surface area (Å²) in [5.74, 6) is 4.12. The molecule has 1 aliphatic heterocycles. The van der Waals surface area contributed by atoms with E-state index in [1.807, 2.05) is 24.4 Å². The number of fused-ring (bicyclic) bond motifs is 1. The van der Waals surface area contributed by atoms with Gasteiger partial charge < -0.3 is 21.3 Å². The van der Waals surface area contributed by atoms with Gasteiger partial charge >= 0.3 is 0 Å². The highest BCUT2D eigenvalue weighted by atomic mass is 15.1. The second-order valence-electron chi connectivity index (χ2n) is 9.73. The van der Waals surface area contributed by atoms with Crippen molar-refractivity contribution in [1.29, 1.82) is 0 Å². The Morgan fingerprint density at radius 1 is 1.09 bits per heavy atom. The maximum Gasteiger partial charge on any atom is 0.131 e. The molecule has 3 aromatic rings. The fourth-order valence-corrected chi connectivity index (χ4v) is 5.16. The van der Waals surface area contributed by atoms with Crippen molar-refractivity contribution in [3.05, 3.63) is 54.4 Å². The number of pyridine rings is 2. The summed E-state index contributed by atoms with van der Waals surface area (Å²) in [4.78, 5) is 11.4. The van der Waals surface area contributed by atoms with E-state index in [1.54, 1.807) is 6.20 Å². The monoisotopic (exact) mass is 430 g/mol. The number of benzene rings is 1. The maximum absolute atomic E-state index is 5.94. The van der Waals surface area contributed by atoms with Crippen molar-refractivity contribution in [1.82, 2.24) is 14.9 Å². The highest BCUT2D eigenvalue weighted by molar-refractivity contribution is 5.92. The Hall–Kier alpha value is -2.86. The van der Waals surface area contributed by atoms with Crippen LogP contribution in [0.3, 0.4) is 0 Å². The fourth-order valence-electron chi connectivity index (χ4n) is 5.16. The summed E-state index contributed by atoms with van der Waals surface area (Å²) in [5.41, 5.74) is 8.17. The molecule has 0 amide bonds. The summed E-state index contributed by atoms with van der Waals surface area (Å²) < 4.78 is 0. The van der Waals surface area contributed by atoms with Crippen molar-refractivity contribution in [3.63, 3.8) is 0 Å². The van der Waals surface area contributed by atoms with E-state index < -0.39 is 0 Å². The average molecular weight is 431 g/mol. The van der Waals surface area contributed by atoms with E-state index in [9.17, 15) is 0 Å². The lowest BCUT2D eigenvalue weighted by Gasteiger charge is -2.37. The minimum absolute atomic E-state index is 0.569. The van der Waals surface area contributed by atoms with E-state index in [4.69, 9.17) is 5.73 Å². The van der Waals surface area contributed by atoms with E-state index in [2.05, 4.69) is 57.7 Å². The minimum atomic E-state index is 0.569. The first-order chi connectivity index (χ1) is 15.6. The standard InChI is InChI=1S/C26H34N6/c1-17-11-23(17)24-12-18(8-10-32(24)2)14-30-25-6-3-19(16-31-25)15-29-21-4-5-22-20(13-21)7-9-28-26(22)27/h3-7,9,13,16-18,23-24,29H,8,10-12,14-15H2,1-2H3,(H2,27,28)(H,30,31)/t17?,18?,23-,24?/m0/s1. The largest absolute Gasteiger partial charge is 0.383 e. The van der Waals surface area contributed by atoms with Crippen LogP contribution in [0.5, 0.6) is 0 Å². The average Bonchev–Trinajstić information content (AvgIpc) is 3.54. The predicted molar refractivity (Wildman–Crippen MR) is 133 cm³/mol. The molecule has 1 aliphatic carbocycles. The van der Waals surface area contributed by atoms with Gasteiger partial charge in [0.1, 0.15) is 11.6 Å². The van der Waals surface area contributed by atoms with Crippen molar-refractivity contribution in [2.75, 3.05) is 36.5 Å². The molecule has 0 radical (unpaired) electrons. The number of nitrogens with one attached hydrogen (secondary N) is 2. The van der Waals surface area contributed by atoms with E-state index in [0.29, 0.717) is 5.82 Å². The van der Waals surface area contributed by atoms with Gasteiger partial charge in [-0.15, -0.1) is 0 Å². The smallest absolute Gasteiger partial charge is 0.131 e. The first-order valence-electron chi connectivity index (χ1n) is 11.8. The van der Waals surface area contributed by atoms with Gasteiger partial charge in [0.25, 0.3) is 0 Å². The topological polar surface area (TPSA) is 79.1 Å². The zero-order chi connectivity index (χ0) is 22.1. The van der Waals surface area contributed by atoms with E-state index in [-0.39, 0.29) is 0 Å². The Morgan fingerprint density at radius 2 is 1.97 bits per heavy atom. The van der Waals surface area contributed by atoms with Gasteiger partial charge in [-0.05, 0) is 91.9 Å². The number of piperidine rings is 1. The van der Waals surface area contributed by atoms with Crippen LogP contribution in [0.4, 0.5) is 17.3 Å². The lowest BCUT2D eigenvalue weighted by molar-refractivity contribution is 0.125. The molecule has 2 aliphatic rings. The number of hydrogen-bond acceptors (Lipinski definition) is 6. The molecule has 1 aromatic carbocycles. The number of hydrogen-bond donors (Lipinski definition) is 3. The predicted octanol–water partition coefficient (Wildman–Crippen LogP) is 4.60. The number of rotatable bonds is 7. The maximum atomic E-state index is 5.94. The van der Waals surface area contributed by atoms with Gasteiger partial charge in [-0.2, -0.15) is 0 Å². The van der Waals surface area contributed by atoms with E-state index >= 15 is 0 Å². The van der Waals surface area contributed by atoms with Gasteiger partial charge in [-0.25, -0.2) is 9.97 Å². The summed E-state index contributed by atoms with van der Waals surface area (Å²) in [6, 6.07) is 13.2. The highest BCUT2D eigenvalue weighted by Crippen LogP contribution is 2.45. The lowest BCUT2D eigenvalue weighted by Crippen LogP contribution is -2.43. The van der Waals surface area contributed by atoms with Crippen LogP contribution in [0.15, 0.2) is 48.8 Å². The molecule has 2 aromatic heterocycles. The van der Waals surface area contributed by atoms with Crippen LogP contribution in [-0.2, 0) is 6.54 Å². The lowest BCUT2D eigenvalue weighted by atomic mass is 9.88. The number of nitrogens with zero attached hydrogens (tertiary/aromatic N) is 3. The fraction of sp³-hybridized carbons (Fsp3) is 0.462. The quantitative estimate of drug-likeness (QED) is 0.508. The highest BCUT2D eigenvalue weighted by Gasteiger charge is 2.43. The number of nitrogen functional groups attached to an aromatic ring is 1. The summed E-state index contributed by atoms with van der Waals surface area (Å²) >= 11 is 0. The Labute approximate surface area is 190 Å². The summed E-state index contributed by atoms with van der Waals surface area (Å²) in [6.07, 6.45) is 7.71. The Morgan fingerprint density at radius 3 is 2.75 bits per heavy atom. The van der Waals surface area contributed by atoms with Crippen LogP contribution >= 0.6 is 0 Å². The van der Waals surface area contributed by atoms with Gasteiger partial charge in [-0.3, -0.25) is 0 Å². The molecule has 4 N–H and O–H groups in total. The molecular weight excluding hydrogens is 396 g/mol. The van der Waals surface area contributed by atoms with Gasteiger partial charge in [0.05, 0.1) is 0 Å². The van der Waals surface area contributed by atoms with Gasteiger partial charge in [0, 0.05) is 42.6 Å². The molecule has 4 atom stereocenters. The van der Waals surface area contributed by atoms with Crippen LogP contribution < -0.4 is 16.4 Å². The first-order valence-corrected chi connectivity index (χ1v) is 11.8. The van der Waals surface area contributed by atoms with Crippen molar-refractivity contribution >= 4 is 28.1 Å². The van der Waals surface area contributed by atoms with Crippen molar-refractivity contribution in [3.8, 4) is 0 Å². The van der Waals surface area contributed by atoms with E-state index in [1.165, 1.54) is 25.8 Å². The molecule has 6 heteroatoms. The van der Waals surface area contributed by atoms with Gasteiger partial charge in [0.2, 0.25) is 0 Å². The third-order valence-corrected chi connectivity index (χ3v) is 7.39. The van der Waals surface area contributed by atoms with Crippen molar-refractivity contribution < 1.29 is 0 Å². The van der Waals surface area contributed by atoms with Crippen molar-refractivity contribution in [2.45, 2.75) is 38.8 Å². The molecule has 1 saturated carbocycles. The summed E-state index contributed by atoms with van der Waals surface area (Å²) in [6.45, 7) is 5.37. The molecule has 0 bridgehead atoms. The number of anilines is 3. The normalized spacial score (nSPS) is 25.6.